The van der Waals surface area contributed by atoms with Gasteiger partial charge in [0.1, 0.15) is 0 Å². The summed E-state index contributed by atoms with van der Waals surface area (Å²) in [5.41, 5.74) is 5.39. The summed E-state index contributed by atoms with van der Waals surface area (Å²) in [4.78, 5) is 0. The van der Waals surface area contributed by atoms with Crippen LogP contribution in [0.1, 0.15) is 13.3 Å². The number of hydrogen-bond acceptors (Lipinski definition) is 1. The van der Waals surface area contributed by atoms with Crippen molar-refractivity contribution in [3.8, 4) is 0 Å². The summed E-state index contributed by atoms with van der Waals surface area (Å²) in [6.45, 7) is 2.07. The minimum absolute atomic E-state index is 0.119. The Bertz CT molecular complexity index is 198. The Balaban J connectivity index is 2.70. The smallest absolute Gasteiger partial charge is 0.330 e. The van der Waals surface area contributed by atoms with Crippen LogP contribution >= 0.6 is 0 Å². The molecule has 1 nitrogen and oxygen atoms in total. The SMILES string of the molecule is CC1CC(CN)C=CC1C(F)(F)F. The van der Waals surface area contributed by atoms with Crippen LogP contribution in [0.3, 0.4) is 0 Å². The summed E-state index contributed by atoms with van der Waals surface area (Å²) in [6.07, 6.45) is -0.712. The van der Waals surface area contributed by atoms with Crippen molar-refractivity contribution in [1.82, 2.24) is 0 Å². The molecule has 0 amide bonds. The standard InChI is InChI=1S/C9H14F3N/c1-6-4-7(5-13)2-3-8(6)9(10,11)12/h2-3,6-8H,4-5,13H2,1H3. The third-order valence-corrected chi connectivity index (χ3v) is 2.56. The monoisotopic (exact) mass is 193 g/mol. The molecule has 1 rings (SSSR count). The van der Waals surface area contributed by atoms with Gasteiger partial charge in [0, 0.05) is 0 Å². The van der Waals surface area contributed by atoms with Crippen molar-refractivity contribution in [1.29, 1.82) is 0 Å². The third kappa shape index (κ3) is 2.46. The lowest BCUT2D eigenvalue weighted by molar-refractivity contribution is -0.175. The van der Waals surface area contributed by atoms with Gasteiger partial charge in [0.05, 0.1) is 5.92 Å². The average Bonchev–Trinajstić information content (AvgIpc) is 2.01. The van der Waals surface area contributed by atoms with Gasteiger partial charge in [-0.15, -0.1) is 0 Å². The topological polar surface area (TPSA) is 26.0 Å². The van der Waals surface area contributed by atoms with E-state index >= 15 is 0 Å². The predicted molar refractivity (Wildman–Crippen MR) is 45.0 cm³/mol. The quantitative estimate of drug-likeness (QED) is 0.635. The van der Waals surface area contributed by atoms with Crippen molar-refractivity contribution < 1.29 is 13.2 Å². The van der Waals surface area contributed by atoms with Crippen LogP contribution in [0.2, 0.25) is 0 Å². The molecule has 13 heavy (non-hydrogen) atoms. The van der Waals surface area contributed by atoms with Crippen molar-refractivity contribution >= 4 is 0 Å². The van der Waals surface area contributed by atoms with Gasteiger partial charge in [-0.2, -0.15) is 13.2 Å². The molecular formula is C9H14F3N. The fraction of sp³-hybridized carbons (Fsp3) is 0.778. The highest BCUT2D eigenvalue weighted by molar-refractivity contribution is 5.03. The zero-order chi connectivity index (χ0) is 10.1. The maximum absolute atomic E-state index is 12.3. The zero-order valence-electron chi connectivity index (χ0n) is 7.51. The number of allylic oxidation sites excluding steroid dienone is 1. The summed E-state index contributed by atoms with van der Waals surface area (Å²) in [5.74, 6) is -1.51. The summed E-state index contributed by atoms with van der Waals surface area (Å²) in [5, 5.41) is 0. The Labute approximate surface area is 75.8 Å². The summed E-state index contributed by atoms with van der Waals surface area (Å²) >= 11 is 0. The highest BCUT2D eigenvalue weighted by atomic mass is 19.4. The van der Waals surface area contributed by atoms with E-state index in [4.69, 9.17) is 5.73 Å². The second-order valence-electron chi connectivity index (χ2n) is 3.66. The van der Waals surface area contributed by atoms with Crippen LogP contribution < -0.4 is 5.73 Å². The number of nitrogens with two attached hydrogens (primary N) is 1. The van der Waals surface area contributed by atoms with Gasteiger partial charge >= 0.3 is 6.18 Å². The molecular weight excluding hydrogens is 179 g/mol. The lowest BCUT2D eigenvalue weighted by Crippen LogP contribution is -2.32. The van der Waals surface area contributed by atoms with Crippen molar-refractivity contribution in [2.75, 3.05) is 6.54 Å². The molecule has 1 aliphatic rings. The molecule has 0 aromatic rings. The minimum atomic E-state index is -4.10. The first-order valence-electron chi connectivity index (χ1n) is 4.40. The van der Waals surface area contributed by atoms with E-state index in [0.717, 1.165) is 0 Å². The lowest BCUT2D eigenvalue weighted by Gasteiger charge is -2.30. The van der Waals surface area contributed by atoms with Gasteiger partial charge in [0.25, 0.3) is 0 Å². The fourth-order valence-electron chi connectivity index (χ4n) is 1.78. The highest BCUT2D eigenvalue weighted by Crippen LogP contribution is 2.38. The predicted octanol–water partition coefficient (Wildman–Crippen LogP) is 2.34. The Morgan fingerprint density at radius 2 is 2.00 bits per heavy atom. The fourth-order valence-corrected chi connectivity index (χ4v) is 1.78. The molecule has 3 atom stereocenters. The molecule has 1 aliphatic carbocycles. The van der Waals surface area contributed by atoms with E-state index in [-0.39, 0.29) is 11.8 Å². The Morgan fingerprint density at radius 1 is 1.38 bits per heavy atom. The van der Waals surface area contributed by atoms with E-state index in [2.05, 4.69) is 0 Å². The molecule has 0 fully saturated rings. The molecule has 0 aliphatic heterocycles. The molecule has 0 saturated carbocycles. The van der Waals surface area contributed by atoms with Crippen molar-refractivity contribution in [3.05, 3.63) is 12.2 Å². The molecule has 2 N–H and O–H groups in total. The van der Waals surface area contributed by atoms with Crippen LogP contribution in [0, 0.1) is 17.8 Å². The molecule has 0 spiro atoms. The van der Waals surface area contributed by atoms with E-state index in [1.54, 1.807) is 13.0 Å². The lowest BCUT2D eigenvalue weighted by atomic mass is 9.80. The van der Waals surface area contributed by atoms with E-state index in [1.807, 2.05) is 0 Å². The van der Waals surface area contributed by atoms with Gasteiger partial charge in [-0.05, 0) is 24.8 Å². The van der Waals surface area contributed by atoms with Crippen LogP contribution in [0.5, 0.6) is 0 Å². The molecule has 0 aromatic heterocycles. The van der Waals surface area contributed by atoms with Gasteiger partial charge in [0.15, 0.2) is 0 Å². The number of halogens is 3. The normalized spacial score (nSPS) is 35.0. The Kier molecular flexibility index (Phi) is 3.01. The molecule has 4 heteroatoms. The molecule has 3 unspecified atom stereocenters. The first kappa shape index (κ1) is 10.6. The third-order valence-electron chi connectivity index (χ3n) is 2.56. The van der Waals surface area contributed by atoms with Gasteiger partial charge in [-0.25, -0.2) is 0 Å². The van der Waals surface area contributed by atoms with Gasteiger partial charge < -0.3 is 5.73 Å². The first-order valence-corrected chi connectivity index (χ1v) is 4.40. The zero-order valence-corrected chi connectivity index (χ0v) is 7.51. The number of alkyl halides is 3. The Morgan fingerprint density at radius 3 is 2.38 bits per heavy atom. The second kappa shape index (κ2) is 3.70. The summed E-state index contributed by atoms with van der Waals surface area (Å²) < 4.78 is 37.0. The molecule has 76 valence electrons. The van der Waals surface area contributed by atoms with Crippen molar-refractivity contribution in [2.45, 2.75) is 19.5 Å². The van der Waals surface area contributed by atoms with Crippen LogP contribution in [0.4, 0.5) is 13.2 Å². The van der Waals surface area contributed by atoms with Crippen LogP contribution in [-0.2, 0) is 0 Å². The Hall–Kier alpha value is -0.510. The van der Waals surface area contributed by atoms with Crippen LogP contribution in [0.15, 0.2) is 12.2 Å². The maximum atomic E-state index is 12.3. The minimum Gasteiger partial charge on any atom is -0.330 e. The molecule has 0 aromatic carbocycles. The van der Waals surface area contributed by atoms with E-state index in [9.17, 15) is 13.2 Å². The van der Waals surface area contributed by atoms with Gasteiger partial charge in [-0.3, -0.25) is 0 Å². The summed E-state index contributed by atoms with van der Waals surface area (Å²) in [7, 11) is 0. The van der Waals surface area contributed by atoms with Crippen LogP contribution in [-0.4, -0.2) is 12.7 Å². The number of rotatable bonds is 1. The average molecular weight is 193 g/mol. The highest BCUT2D eigenvalue weighted by Gasteiger charge is 2.42. The first-order chi connectivity index (χ1) is 5.95. The summed E-state index contributed by atoms with van der Waals surface area (Å²) in [6, 6.07) is 0. The van der Waals surface area contributed by atoms with E-state index in [1.165, 1.54) is 6.08 Å². The molecule has 0 saturated heterocycles. The number of hydrogen-bond donors (Lipinski definition) is 1. The van der Waals surface area contributed by atoms with Gasteiger partial charge in [0.2, 0.25) is 0 Å². The van der Waals surface area contributed by atoms with Crippen LogP contribution in [0.25, 0.3) is 0 Å². The molecule has 0 radical (unpaired) electrons. The van der Waals surface area contributed by atoms with Crippen molar-refractivity contribution in [3.63, 3.8) is 0 Å². The maximum Gasteiger partial charge on any atom is 0.395 e. The van der Waals surface area contributed by atoms with E-state index < -0.39 is 12.1 Å². The molecule has 0 bridgehead atoms. The molecule has 0 heterocycles. The van der Waals surface area contributed by atoms with Crippen molar-refractivity contribution in [2.24, 2.45) is 23.5 Å². The second-order valence-corrected chi connectivity index (χ2v) is 3.66. The van der Waals surface area contributed by atoms with E-state index in [0.29, 0.717) is 13.0 Å². The largest absolute Gasteiger partial charge is 0.395 e. The van der Waals surface area contributed by atoms with Gasteiger partial charge in [-0.1, -0.05) is 19.1 Å².